The molecule has 0 radical (unpaired) electrons. The molecule has 3 rings (SSSR count). The van der Waals surface area contributed by atoms with E-state index in [4.69, 9.17) is 4.42 Å². The number of furan rings is 1. The molecule has 0 spiro atoms. The molecule has 0 aliphatic carbocycles. The summed E-state index contributed by atoms with van der Waals surface area (Å²) in [5.41, 5.74) is 3.62. The van der Waals surface area contributed by atoms with Gasteiger partial charge in [0.1, 0.15) is 11.5 Å². The molecule has 0 atom stereocenters. The van der Waals surface area contributed by atoms with Crippen LogP contribution in [0.2, 0.25) is 0 Å². The van der Waals surface area contributed by atoms with Gasteiger partial charge in [0.2, 0.25) is 0 Å². The van der Waals surface area contributed by atoms with Crippen molar-refractivity contribution in [3.8, 4) is 5.75 Å². The van der Waals surface area contributed by atoms with Crippen LogP contribution in [0.1, 0.15) is 42.2 Å². The maximum Gasteiger partial charge on any atom is 0.322 e. The minimum atomic E-state index is -0.240. The summed E-state index contributed by atoms with van der Waals surface area (Å²) in [6.07, 6.45) is 1.59. The second-order valence-corrected chi connectivity index (χ2v) is 7.19. The van der Waals surface area contributed by atoms with Crippen molar-refractivity contribution in [3.05, 3.63) is 83.3 Å². The molecule has 2 aromatic carbocycles. The first-order valence-corrected chi connectivity index (χ1v) is 9.40. The van der Waals surface area contributed by atoms with Crippen LogP contribution in [0, 0.1) is 6.92 Å². The minimum Gasteiger partial charge on any atom is -0.508 e. The summed E-state index contributed by atoms with van der Waals surface area (Å²) in [5, 5.41) is 13.2. The molecule has 28 heavy (non-hydrogen) atoms. The number of phenols is 1. The lowest BCUT2D eigenvalue weighted by Gasteiger charge is -2.25. The van der Waals surface area contributed by atoms with E-state index in [-0.39, 0.29) is 24.2 Å². The van der Waals surface area contributed by atoms with E-state index in [2.05, 4.69) is 19.2 Å². The highest BCUT2D eigenvalue weighted by Gasteiger charge is 2.20. The molecule has 1 heterocycles. The fraction of sp³-hybridized carbons (Fsp3) is 0.261. The monoisotopic (exact) mass is 378 g/mol. The largest absolute Gasteiger partial charge is 0.508 e. The lowest BCUT2D eigenvalue weighted by molar-refractivity contribution is 0.200. The molecule has 2 amide bonds. The van der Waals surface area contributed by atoms with Gasteiger partial charge in [-0.05, 0) is 42.2 Å². The Kier molecular flexibility index (Phi) is 6.04. The van der Waals surface area contributed by atoms with Gasteiger partial charge in [-0.1, -0.05) is 50.2 Å². The van der Waals surface area contributed by atoms with Crippen LogP contribution in [0.3, 0.4) is 0 Å². The van der Waals surface area contributed by atoms with Gasteiger partial charge < -0.3 is 19.7 Å². The van der Waals surface area contributed by atoms with Gasteiger partial charge in [-0.25, -0.2) is 4.79 Å². The van der Waals surface area contributed by atoms with E-state index in [0.717, 1.165) is 16.8 Å². The maximum absolute atomic E-state index is 13.2. The number of benzene rings is 2. The zero-order chi connectivity index (χ0) is 20.1. The third-order valence-electron chi connectivity index (χ3n) is 4.73. The highest BCUT2D eigenvalue weighted by atomic mass is 16.3. The minimum absolute atomic E-state index is 0.165. The van der Waals surface area contributed by atoms with E-state index in [9.17, 15) is 9.90 Å². The quantitative estimate of drug-likeness (QED) is 0.582. The van der Waals surface area contributed by atoms with Crippen LogP contribution in [-0.4, -0.2) is 16.0 Å². The van der Waals surface area contributed by atoms with Crippen molar-refractivity contribution >= 4 is 11.7 Å². The Balaban J connectivity index is 1.88. The van der Waals surface area contributed by atoms with E-state index >= 15 is 0 Å². The van der Waals surface area contributed by atoms with E-state index in [1.165, 1.54) is 0 Å². The highest BCUT2D eigenvalue weighted by Crippen LogP contribution is 2.28. The van der Waals surface area contributed by atoms with Crippen molar-refractivity contribution in [1.82, 2.24) is 4.90 Å². The number of para-hydroxylation sites is 2. The van der Waals surface area contributed by atoms with Gasteiger partial charge in [0.15, 0.2) is 0 Å². The van der Waals surface area contributed by atoms with Gasteiger partial charge in [0.25, 0.3) is 0 Å². The van der Waals surface area contributed by atoms with Crippen LogP contribution in [-0.2, 0) is 13.1 Å². The third-order valence-corrected chi connectivity index (χ3v) is 4.73. The number of nitrogens with one attached hydrogen (secondary N) is 1. The zero-order valence-corrected chi connectivity index (χ0v) is 16.5. The van der Waals surface area contributed by atoms with Crippen LogP contribution in [0.4, 0.5) is 10.5 Å². The Morgan fingerprint density at radius 1 is 1.07 bits per heavy atom. The Morgan fingerprint density at radius 3 is 2.54 bits per heavy atom. The molecule has 0 fully saturated rings. The predicted molar refractivity (Wildman–Crippen MR) is 110 cm³/mol. The molecule has 5 nitrogen and oxygen atoms in total. The van der Waals surface area contributed by atoms with E-state index < -0.39 is 0 Å². The van der Waals surface area contributed by atoms with Gasteiger partial charge in [0.05, 0.1) is 19.4 Å². The average Bonchev–Trinajstić information content (AvgIpc) is 3.17. The van der Waals surface area contributed by atoms with Crippen molar-refractivity contribution < 1.29 is 14.3 Å². The summed E-state index contributed by atoms with van der Waals surface area (Å²) < 4.78 is 5.43. The predicted octanol–water partition coefficient (Wildman–Crippen LogP) is 5.65. The highest BCUT2D eigenvalue weighted by molar-refractivity contribution is 5.91. The molecule has 1 aromatic heterocycles. The molecule has 3 aromatic rings. The molecule has 0 bridgehead atoms. The normalized spacial score (nSPS) is 10.9. The van der Waals surface area contributed by atoms with Crippen LogP contribution in [0.15, 0.2) is 65.3 Å². The van der Waals surface area contributed by atoms with Crippen LogP contribution in [0.5, 0.6) is 5.75 Å². The molecule has 0 aliphatic heterocycles. The molecule has 0 aliphatic rings. The standard InChI is InChI=1S/C23H26N2O3/c1-16(2)20-11-6-8-17(3)22(20)24-23(27)25(15-19-10-7-13-28-19)14-18-9-4-5-12-21(18)26/h4-13,16,26H,14-15H2,1-3H3,(H,24,27). The molecule has 2 N–H and O–H groups in total. The number of carbonyl (C=O) groups excluding carboxylic acids is 1. The number of hydrogen-bond acceptors (Lipinski definition) is 3. The molecule has 146 valence electrons. The number of nitrogens with zero attached hydrogens (tertiary/aromatic N) is 1. The first-order valence-electron chi connectivity index (χ1n) is 9.40. The van der Waals surface area contributed by atoms with Crippen LogP contribution < -0.4 is 5.32 Å². The lowest BCUT2D eigenvalue weighted by atomic mass is 9.98. The van der Waals surface area contributed by atoms with Gasteiger partial charge in [-0.3, -0.25) is 0 Å². The van der Waals surface area contributed by atoms with Crippen molar-refractivity contribution in [2.24, 2.45) is 0 Å². The Hall–Kier alpha value is -3.21. The molecular weight excluding hydrogens is 352 g/mol. The number of anilines is 1. The number of aromatic hydroxyl groups is 1. The van der Waals surface area contributed by atoms with Crippen molar-refractivity contribution in [2.75, 3.05) is 5.32 Å². The third kappa shape index (κ3) is 4.55. The van der Waals surface area contributed by atoms with Gasteiger partial charge >= 0.3 is 6.03 Å². The van der Waals surface area contributed by atoms with Gasteiger partial charge in [0, 0.05) is 11.3 Å². The van der Waals surface area contributed by atoms with E-state index in [1.54, 1.807) is 29.4 Å². The van der Waals surface area contributed by atoms with Gasteiger partial charge in [-0.2, -0.15) is 0 Å². The Morgan fingerprint density at radius 2 is 1.86 bits per heavy atom. The summed E-state index contributed by atoms with van der Waals surface area (Å²) in [6.45, 7) is 6.76. The number of rotatable bonds is 6. The van der Waals surface area contributed by atoms with Crippen LogP contribution >= 0.6 is 0 Å². The van der Waals surface area contributed by atoms with Crippen LogP contribution in [0.25, 0.3) is 0 Å². The average molecular weight is 378 g/mol. The smallest absolute Gasteiger partial charge is 0.322 e. The molecule has 0 saturated carbocycles. The number of phenolic OH excluding ortho intramolecular Hbond substituents is 1. The number of carbonyl (C=O) groups is 1. The summed E-state index contributed by atoms with van der Waals surface area (Å²) in [4.78, 5) is 14.8. The number of aryl methyl sites for hydroxylation is 1. The number of urea groups is 1. The van der Waals surface area contributed by atoms with E-state index in [1.807, 2.05) is 43.3 Å². The van der Waals surface area contributed by atoms with E-state index in [0.29, 0.717) is 17.9 Å². The first-order chi connectivity index (χ1) is 13.5. The summed E-state index contributed by atoms with van der Waals surface area (Å²) in [5.74, 6) is 1.13. The summed E-state index contributed by atoms with van der Waals surface area (Å²) in [6, 6.07) is 16.4. The second kappa shape index (κ2) is 8.65. The van der Waals surface area contributed by atoms with Gasteiger partial charge in [-0.15, -0.1) is 0 Å². The van der Waals surface area contributed by atoms with Crippen molar-refractivity contribution in [2.45, 2.75) is 39.8 Å². The molecule has 0 unspecified atom stereocenters. The summed E-state index contributed by atoms with van der Waals surface area (Å²) in [7, 11) is 0. The molecule has 5 heteroatoms. The molecule has 0 saturated heterocycles. The van der Waals surface area contributed by atoms with Crippen molar-refractivity contribution in [3.63, 3.8) is 0 Å². The lowest BCUT2D eigenvalue weighted by Crippen LogP contribution is -2.34. The summed E-state index contributed by atoms with van der Waals surface area (Å²) >= 11 is 0. The molecular formula is C23H26N2O3. The first kappa shape index (κ1) is 19.5. The topological polar surface area (TPSA) is 65.7 Å². The Labute approximate surface area is 165 Å². The fourth-order valence-corrected chi connectivity index (χ4v) is 3.17. The van der Waals surface area contributed by atoms with Crippen molar-refractivity contribution in [1.29, 1.82) is 0 Å². The SMILES string of the molecule is Cc1cccc(C(C)C)c1NC(=O)N(Cc1ccco1)Cc1ccccc1O. The second-order valence-electron chi connectivity index (χ2n) is 7.19. The number of hydrogen-bond donors (Lipinski definition) is 2. The Bertz CT molecular complexity index is 933. The maximum atomic E-state index is 13.2. The number of amides is 2. The fourth-order valence-electron chi connectivity index (χ4n) is 3.17. The zero-order valence-electron chi connectivity index (χ0n) is 16.5.